The van der Waals surface area contributed by atoms with Gasteiger partial charge in [0, 0.05) is 11.3 Å². The van der Waals surface area contributed by atoms with E-state index < -0.39 is 17.3 Å². The zero-order valence-corrected chi connectivity index (χ0v) is 20.0. The van der Waals surface area contributed by atoms with Crippen LogP contribution in [0.4, 0.5) is 5.69 Å². The summed E-state index contributed by atoms with van der Waals surface area (Å²) in [5.74, 6) is 0.0780. The van der Waals surface area contributed by atoms with Gasteiger partial charge in [-0.15, -0.1) is 10.2 Å². The Hall–Kier alpha value is -4.11. The SMILES string of the molecule is COC(=O)c1ccc([C@@H]2Nn3c(nnc3-c3ccccc3)S[C@@H]2C(=O)Nc2ccc(C)cc2)cc1. The van der Waals surface area contributed by atoms with Crippen molar-refractivity contribution in [2.45, 2.75) is 23.4 Å². The molecule has 5 rings (SSSR count). The van der Waals surface area contributed by atoms with E-state index in [4.69, 9.17) is 4.74 Å². The lowest BCUT2D eigenvalue weighted by Gasteiger charge is -2.33. The van der Waals surface area contributed by atoms with Gasteiger partial charge in [0.2, 0.25) is 11.1 Å². The number of fused-ring (bicyclic) bond motifs is 1. The molecule has 176 valence electrons. The van der Waals surface area contributed by atoms with E-state index in [0.29, 0.717) is 16.5 Å². The number of hydrogen-bond acceptors (Lipinski definition) is 7. The maximum atomic E-state index is 13.4. The number of anilines is 1. The summed E-state index contributed by atoms with van der Waals surface area (Å²) in [6.07, 6.45) is 0. The van der Waals surface area contributed by atoms with Crippen LogP contribution in [0.5, 0.6) is 0 Å². The monoisotopic (exact) mass is 485 g/mol. The number of thioether (sulfide) groups is 1. The molecular weight excluding hydrogens is 462 g/mol. The maximum Gasteiger partial charge on any atom is 0.337 e. The Morgan fingerprint density at radius 1 is 0.971 bits per heavy atom. The second kappa shape index (κ2) is 9.63. The van der Waals surface area contributed by atoms with Crippen molar-refractivity contribution in [2.75, 3.05) is 17.9 Å². The van der Waals surface area contributed by atoms with Gasteiger partial charge in [0.25, 0.3) is 0 Å². The summed E-state index contributed by atoms with van der Waals surface area (Å²) in [5.41, 5.74) is 7.46. The fourth-order valence-corrected chi connectivity index (χ4v) is 4.95. The molecule has 0 aliphatic carbocycles. The number of rotatable bonds is 5. The van der Waals surface area contributed by atoms with Crippen LogP contribution in [0.1, 0.15) is 27.5 Å². The number of nitrogens with one attached hydrogen (secondary N) is 2. The van der Waals surface area contributed by atoms with Crippen molar-refractivity contribution in [1.29, 1.82) is 0 Å². The number of methoxy groups -OCH3 is 1. The summed E-state index contributed by atoms with van der Waals surface area (Å²) in [6.45, 7) is 2.00. The minimum absolute atomic E-state index is 0.163. The van der Waals surface area contributed by atoms with Crippen molar-refractivity contribution in [1.82, 2.24) is 14.9 Å². The Morgan fingerprint density at radius 2 is 1.69 bits per heavy atom. The molecule has 35 heavy (non-hydrogen) atoms. The Bertz CT molecular complexity index is 1350. The molecule has 4 aromatic rings. The molecule has 2 atom stereocenters. The third-order valence-electron chi connectivity index (χ3n) is 5.74. The van der Waals surface area contributed by atoms with Gasteiger partial charge in [-0.3, -0.25) is 4.79 Å². The number of nitrogens with zero attached hydrogens (tertiary/aromatic N) is 3. The van der Waals surface area contributed by atoms with Crippen molar-refractivity contribution in [3.8, 4) is 11.4 Å². The Morgan fingerprint density at radius 3 is 2.37 bits per heavy atom. The summed E-state index contributed by atoms with van der Waals surface area (Å²) in [4.78, 5) is 25.3. The van der Waals surface area contributed by atoms with Crippen molar-refractivity contribution in [2.24, 2.45) is 0 Å². The number of carbonyl (C=O) groups excluding carboxylic acids is 2. The Labute approximate surface area is 206 Å². The first kappa shape index (κ1) is 22.7. The lowest BCUT2D eigenvalue weighted by molar-refractivity contribution is -0.116. The van der Waals surface area contributed by atoms with Gasteiger partial charge in [-0.05, 0) is 36.8 Å². The highest BCUT2D eigenvalue weighted by atomic mass is 32.2. The summed E-state index contributed by atoms with van der Waals surface area (Å²) in [5, 5.41) is 11.8. The first-order valence-corrected chi connectivity index (χ1v) is 11.9. The van der Waals surface area contributed by atoms with Gasteiger partial charge in [-0.25, -0.2) is 9.47 Å². The molecule has 9 heteroatoms. The van der Waals surface area contributed by atoms with Gasteiger partial charge in [0.05, 0.1) is 18.7 Å². The highest BCUT2D eigenvalue weighted by molar-refractivity contribution is 8.00. The average molecular weight is 486 g/mol. The topological polar surface area (TPSA) is 98.1 Å². The number of benzene rings is 3. The molecule has 0 fully saturated rings. The summed E-state index contributed by atoms with van der Waals surface area (Å²) >= 11 is 1.34. The second-order valence-electron chi connectivity index (χ2n) is 8.12. The van der Waals surface area contributed by atoms with E-state index in [1.165, 1.54) is 18.9 Å². The molecule has 2 N–H and O–H groups in total. The van der Waals surface area contributed by atoms with E-state index in [0.717, 1.165) is 22.4 Å². The van der Waals surface area contributed by atoms with E-state index >= 15 is 0 Å². The molecule has 0 bridgehead atoms. The van der Waals surface area contributed by atoms with Crippen LogP contribution in [-0.4, -0.2) is 39.1 Å². The van der Waals surface area contributed by atoms with Crippen LogP contribution in [0.3, 0.4) is 0 Å². The predicted octanol–water partition coefficient (Wildman–Crippen LogP) is 4.44. The third kappa shape index (κ3) is 4.63. The minimum atomic E-state index is -0.541. The minimum Gasteiger partial charge on any atom is -0.465 e. The number of hydrogen-bond donors (Lipinski definition) is 2. The summed E-state index contributed by atoms with van der Waals surface area (Å²) in [6, 6.07) is 24.0. The Balaban J connectivity index is 1.50. The van der Waals surface area contributed by atoms with Gasteiger partial charge in [-0.1, -0.05) is 71.9 Å². The van der Waals surface area contributed by atoms with Gasteiger partial charge in [0.15, 0.2) is 5.82 Å². The molecule has 0 spiro atoms. The largest absolute Gasteiger partial charge is 0.465 e. The molecule has 0 radical (unpaired) electrons. The lowest BCUT2D eigenvalue weighted by Crippen LogP contribution is -2.41. The number of ether oxygens (including phenoxy) is 1. The van der Waals surface area contributed by atoms with Crippen molar-refractivity contribution in [3.05, 3.63) is 95.6 Å². The predicted molar refractivity (Wildman–Crippen MR) is 135 cm³/mol. The number of carbonyl (C=O) groups is 2. The number of aromatic nitrogens is 3. The van der Waals surface area contributed by atoms with Crippen molar-refractivity contribution in [3.63, 3.8) is 0 Å². The fourth-order valence-electron chi connectivity index (χ4n) is 3.87. The van der Waals surface area contributed by atoms with Crippen molar-refractivity contribution < 1.29 is 14.3 Å². The molecule has 3 aromatic carbocycles. The van der Waals surface area contributed by atoms with Gasteiger partial charge >= 0.3 is 5.97 Å². The smallest absolute Gasteiger partial charge is 0.337 e. The van der Waals surface area contributed by atoms with E-state index in [1.807, 2.05) is 78.3 Å². The van der Waals surface area contributed by atoms with Crippen LogP contribution < -0.4 is 10.7 Å². The molecule has 0 saturated carbocycles. The molecule has 8 nitrogen and oxygen atoms in total. The zero-order chi connectivity index (χ0) is 24.4. The number of aryl methyl sites for hydroxylation is 1. The summed E-state index contributed by atoms with van der Waals surface area (Å²) < 4.78 is 6.63. The molecule has 0 unspecified atom stereocenters. The van der Waals surface area contributed by atoms with Crippen LogP contribution in [-0.2, 0) is 9.53 Å². The van der Waals surface area contributed by atoms with E-state index in [9.17, 15) is 9.59 Å². The first-order valence-electron chi connectivity index (χ1n) is 11.0. The van der Waals surface area contributed by atoms with Gasteiger partial charge in [0.1, 0.15) is 5.25 Å². The highest BCUT2D eigenvalue weighted by Crippen LogP contribution is 2.39. The molecule has 0 saturated heterocycles. The lowest BCUT2D eigenvalue weighted by atomic mass is 10.0. The van der Waals surface area contributed by atoms with Crippen LogP contribution in [0.25, 0.3) is 11.4 Å². The molecule has 1 aromatic heterocycles. The van der Waals surface area contributed by atoms with Crippen LogP contribution in [0, 0.1) is 6.92 Å². The molecular formula is C26H23N5O3S. The van der Waals surface area contributed by atoms with E-state index in [2.05, 4.69) is 20.9 Å². The standard InChI is InChI=1S/C26H23N5O3S/c1-16-8-14-20(15-9-16)27-24(32)22-21(17-10-12-19(13-11-17)25(33)34-2)30-31-23(28-29-26(31)35-22)18-6-4-3-5-7-18/h3-15,21-22,30H,1-2H3,(H,27,32)/t21-,22-/m0/s1. The molecule has 1 aliphatic heterocycles. The first-order chi connectivity index (χ1) is 17.0. The zero-order valence-electron chi connectivity index (χ0n) is 19.1. The molecule has 1 amide bonds. The van der Waals surface area contributed by atoms with Crippen LogP contribution in [0.2, 0.25) is 0 Å². The van der Waals surface area contributed by atoms with Crippen molar-refractivity contribution >= 4 is 29.3 Å². The fraction of sp³-hybridized carbons (Fsp3) is 0.154. The Kier molecular flexibility index (Phi) is 6.24. The van der Waals surface area contributed by atoms with Gasteiger partial charge in [-0.2, -0.15) is 0 Å². The van der Waals surface area contributed by atoms with E-state index in [-0.39, 0.29) is 5.91 Å². The number of esters is 1. The van der Waals surface area contributed by atoms with Gasteiger partial charge < -0.3 is 15.5 Å². The third-order valence-corrected chi connectivity index (χ3v) is 6.95. The molecule has 2 heterocycles. The highest BCUT2D eigenvalue weighted by Gasteiger charge is 2.38. The molecule has 1 aliphatic rings. The second-order valence-corrected chi connectivity index (χ2v) is 9.23. The van der Waals surface area contributed by atoms with Crippen LogP contribution in [0.15, 0.2) is 84.0 Å². The normalized spacial score (nSPS) is 16.6. The average Bonchev–Trinajstić information content (AvgIpc) is 3.32. The van der Waals surface area contributed by atoms with E-state index in [1.54, 1.807) is 12.1 Å². The number of amides is 1. The quantitative estimate of drug-likeness (QED) is 0.403. The summed E-state index contributed by atoms with van der Waals surface area (Å²) in [7, 11) is 1.35. The van der Waals surface area contributed by atoms with Crippen LogP contribution >= 0.6 is 11.8 Å². The maximum absolute atomic E-state index is 13.4.